The van der Waals surface area contributed by atoms with E-state index in [2.05, 4.69) is 20.3 Å². The topological polar surface area (TPSA) is 85.8 Å². The van der Waals surface area contributed by atoms with Crippen molar-refractivity contribution in [1.82, 2.24) is 25.0 Å². The smallest absolute Gasteiger partial charge is 0.227 e. The molecule has 2 aromatic rings. The summed E-state index contributed by atoms with van der Waals surface area (Å²) in [5, 5.41) is 7.82. The largest absolute Gasteiger partial charge is 0.342 e. The van der Waals surface area contributed by atoms with Crippen LogP contribution >= 0.6 is 0 Å². The van der Waals surface area contributed by atoms with Crippen molar-refractivity contribution in [1.29, 1.82) is 0 Å². The van der Waals surface area contributed by atoms with Crippen molar-refractivity contribution in [2.45, 2.75) is 13.0 Å². The number of nitrogens with zero attached hydrogens (tertiary/aromatic N) is 6. The fraction of sp³-hybridized carbons (Fsp3) is 0.556. The molecule has 2 N–H and O–H groups in total. The Bertz CT molecular complexity index is 490. The van der Waals surface area contributed by atoms with Gasteiger partial charge in [0.2, 0.25) is 11.6 Å². The monoisotopic (exact) mass is 221 g/mol. The fourth-order valence-corrected chi connectivity index (χ4v) is 1.51. The minimum atomic E-state index is 0.0751. The number of rotatable bonds is 3. The summed E-state index contributed by atoms with van der Waals surface area (Å²) in [4.78, 5) is 10.5. The first kappa shape index (κ1) is 10.7. The average Bonchev–Trinajstić information content (AvgIpc) is 2.59. The number of fused-ring (bicyclic) bond motifs is 1. The molecular weight excluding hydrogens is 206 g/mol. The van der Waals surface area contributed by atoms with E-state index in [0.717, 1.165) is 5.52 Å². The van der Waals surface area contributed by atoms with E-state index in [-0.39, 0.29) is 6.04 Å². The molecule has 0 saturated heterocycles. The van der Waals surface area contributed by atoms with Gasteiger partial charge in [0.05, 0.1) is 6.20 Å². The third-order valence-corrected chi connectivity index (χ3v) is 2.26. The van der Waals surface area contributed by atoms with Gasteiger partial charge in [-0.15, -0.1) is 5.10 Å². The normalized spacial score (nSPS) is 13.0. The zero-order chi connectivity index (χ0) is 11.7. The maximum absolute atomic E-state index is 5.72. The first-order valence-electron chi connectivity index (χ1n) is 5.07. The third kappa shape index (κ3) is 1.94. The lowest BCUT2D eigenvalue weighted by Gasteiger charge is -2.18. The van der Waals surface area contributed by atoms with Crippen LogP contribution in [0.1, 0.15) is 6.92 Å². The molecule has 86 valence electrons. The highest BCUT2D eigenvalue weighted by molar-refractivity contribution is 5.69. The van der Waals surface area contributed by atoms with Crippen LogP contribution in [0.25, 0.3) is 11.2 Å². The van der Waals surface area contributed by atoms with Crippen LogP contribution < -0.4 is 10.6 Å². The van der Waals surface area contributed by atoms with Gasteiger partial charge >= 0.3 is 0 Å². The second kappa shape index (κ2) is 4.01. The lowest BCUT2D eigenvalue weighted by molar-refractivity contribution is 0.705. The molecule has 0 radical (unpaired) electrons. The number of nitrogens with two attached hydrogens (primary N) is 1. The molecule has 0 saturated carbocycles. The van der Waals surface area contributed by atoms with Gasteiger partial charge in [0.25, 0.3) is 0 Å². The maximum Gasteiger partial charge on any atom is 0.227 e. The second-order valence-corrected chi connectivity index (χ2v) is 3.95. The van der Waals surface area contributed by atoms with E-state index in [9.17, 15) is 0 Å². The highest BCUT2D eigenvalue weighted by Gasteiger charge is 2.10. The molecule has 0 aliphatic carbocycles. The number of anilines is 1. The Morgan fingerprint density at radius 2 is 2.31 bits per heavy atom. The molecule has 0 aliphatic heterocycles. The number of aryl methyl sites for hydroxylation is 1. The summed E-state index contributed by atoms with van der Waals surface area (Å²) >= 11 is 0. The predicted octanol–water partition coefficient (Wildman–Crippen LogP) is -0.458. The predicted molar refractivity (Wildman–Crippen MR) is 61.0 cm³/mol. The van der Waals surface area contributed by atoms with E-state index < -0.39 is 0 Å². The van der Waals surface area contributed by atoms with Gasteiger partial charge in [-0.05, 0) is 6.92 Å². The van der Waals surface area contributed by atoms with Crippen molar-refractivity contribution >= 4 is 17.1 Å². The molecule has 1 unspecified atom stereocenters. The Balaban J connectivity index is 2.32. The van der Waals surface area contributed by atoms with Gasteiger partial charge < -0.3 is 10.6 Å². The Labute approximate surface area is 93.3 Å². The summed E-state index contributed by atoms with van der Waals surface area (Å²) in [5.41, 5.74) is 7.14. The number of hydrogen-bond donors (Lipinski definition) is 1. The Hall–Kier alpha value is -1.76. The van der Waals surface area contributed by atoms with Crippen LogP contribution in [0.4, 0.5) is 5.95 Å². The molecule has 2 aromatic heterocycles. The maximum atomic E-state index is 5.72. The van der Waals surface area contributed by atoms with Gasteiger partial charge in [0.1, 0.15) is 5.52 Å². The highest BCUT2D eigenvalue weighted by atomic mass is 15.4. The Morgan fingerprint density at radius 1 is 1.56 bits per heavy atom. The summed E-state index contributed by atoms with van der Waals surface area (Å²) in [6.07, 6.45) is 1.72. The molecule has 2 rings (SSSR count). The number of hydrogen-bond acceptors (Lipinski definition) is 6. The first-order chi connectivity index (χ1) is 7.58. The van der Waals surface area contributed by atoms with Gasteiger partial charge in [0.15, 0.2) is 0 Å². The van der Waals surface area contributed by atoms with Crippen LogP contribution in [0.5, 0.6) is 0 Å². The van der Waals surface area contributed by atoms with Crippen LogP contribution in [0, 0.1) is 0 Å². The number of aromatic nitrogens is 5. The van der Waals surface area contributed by atoms with Crippen LogP contribution in [-0.2, 0) is 7.05 Å². The van der Waals surface area contributed by atoms with E-state index >= 15 is 0 Å². The van der Waals surface area contributed by atoms with Crippen LogP contribution in [0.15, 0.2) is 6.20 Å². The molecule has 0 aliphatic rings. The summed E-state index contributed by atoms with van der Waals surface area (Å²) < 4.78 is 1.64. The fourth-order valence-electron chi connectivity index (χ4n) is 1.51. The lowest BCUT2D eigenvalue weighted by Crippen LogP contribution is -2.33. The minimum Gasteiger partial charge on any atom is -0.342 e. The van der Waals surface area contributed by atoms with Crippen LogP contribution in [0.2, 0.25) is 0 Å². The van der Waals surface area contributed by atoms with E-state index in [1.165, 1.54) is 0 Å². The lowest BCUT2D eigenvalue weighted by atomic mass is 10.3. The summed E-state index contributed by atoms with van der Waals surface area (Å²) in [7, 11) is 3.71. The minimum absolute atomic E-state index is 0.0751. The molecule has 0 fully saturated rings. The summed E-state index contributed by atoms with van der Waals surface area (Å²) in [6, 6.07) is 0.0751. The van der Waals surface area contributed by atoms with Crippen molar-refractivity contribution in [3.8, 4) is 0 Å². The molecule has 7 heteroatoms. The van der Waals surface area contributed by atoms with Crippen LogP contribution in [-0.4, -0.2) is 44.6 Å². The quantitative estimate of drug-likeness (QED) is 0.755. The number of likely N-dealkylation sites (N-methyl/N-ethyl adjacent to an activating group) is 1. The van der Waals surface area contributed by atoms with Gasteiger partial charge in [-0.2, -0.15) is 4.98 Å². The SMILES string of the molecule is CC(N)CN(C)c1ncc2c(nnn2C)n1. The van der Waals surface area contributed by atoms with E-state index in [1.54, 1.807) is 10.9 Å². The molecule has 0 spiro atoms. The van der Waals surface area contributed by atoms with Crippen molar-refractivity contribution in [2.75, 3.05) is 18.5 Å². The molecule has 2 heterocycles. The van der Waals surface area contributed by atoms with Crippen molar-refractivity contribution in [2.24, 2.45) is 12.8 Å². The molecule has 16 heavy (non-hydrogen) atoms. The standard InChI is InChI=1S/C9H15N7/c1-6(10)5-15(2)9-11-4-7-8(12-9)13-14-16(7)3/h4,6H,5,10H2,1-3H3. The Morgan fingerprint density at radius 3 is 3.00 bits per heavy atom. The highest BCUT2D eigenvalue weighted by Crippen LogP contribution is 2.10. The summed E-state index contributed by atoms with van der Waals surface area (Å²) in [6.45, 7) is 2.64. The van der Waals surface area contributed by atoms with E-state index in [0.29, 0.717) is 18.1 Å². The second-order valence-electron chi connectivity index (χ2n) is 3.95. The van der Waals surface area contributed by atoms with Crippen LogP contribution in [0.3, 0.4) is 0 Å². The Kier molecular flexibility index (Phi) is 2.69. The average molecular weight is 221 g/mol. The molecular formula is C9H15N7. The first-order valence-corrected chi connectivity index (χ1v) is 5.07. The van der Waals surface area contributed by atoms with Gasteiger partial charge in [-0.1, -0.05) is 5.21 Å². The molecule has 7 nitrogen and oxygen atoms in total. The van der Waals surface area contributed by atoms with Gasteiger partial charge in [-0.3, -0.25) is 0 Å². The van der Waals surface area contributed by atoms with Crippen molar-refractivity contribution in [3.05, 3.63) is 6.20 Å². The molecule has 1 atom stereocenters. The zero-order valence-corrected chi connectivity index (χ0v) is 9.62. The molecule has 0 aromatic carbocycles. The van der Waals surface area contributed by atoms with E-state index in [4.69, 9.17) is 5.73 Å². The van der Waals surface area contributed by atoms with Gasteiger partial charge in [0, 0.05) is 26.7 Å². The summed E-state index contributed by atoms with van der Waals surface area (Å²) in [5.74, 6) is 0.616. The zero-order valence-electron chi connectivity index (χ0n) is 9.62. The van der Waals surface area contributed by atoms with Crippen molar-refractivity contribution < 1.29 is 0 Å². The molecule has 0 bridgehead atoms. The van der Waals surface area contributed by atoms with E-state index in [1.807, 2.05) is 25.9 Å². The van der Waals surface area contributed by atoms with Crippen molar-refractivity contribution in [3.63, 3.8) is 0 Å². The third-order valence-electron chi connectivity index (χ3n) is 2.26. The molecule has 0 amide bonds. The van der Waals surface area contributed by atoms with Gasteiger partial charge in [-0.25, -0.2) is 9.67 Å².